The fourth-order valence-corrected chi connectivity index (χ4v) is 2.85. The summed E-state index contributed by atoms with van der Waals surface area (Å²) in [5, 5.41) is 1.82. The van der Waals surface area contributed by atoms with Crippen molar-refractivity contribution in [1.82, 2.24) is 9.97 Å². The maximum Gasteiger partial charge on any atom is 0.161 e. The van der Waals surface area contributed by atoms with Gasteiger partial charge in [0.25, 0.3) is 0 Å². The van der Waals surface area contributed by atoms with Gasteiger partial charge in [-0.1, -0.05) is 54.4 Å². The van der Waals surface area contributed by atoms with E-state index in [4.69, 9.17) is 23.2 Å². The zero-order chi connectivity index (χ0) is 15.0. The Morgan fingerprint density at radius 3 is 2.38 bits per heavy atom. The van der Waals surface area contributed by atoms with Crippen LogP contribution in [0.25, 0.3) is 22.3 Å². The highest BCUT2D eigenvalue weighted by Gasteiger charge is 2.11. The van der Waals surface area contributed by atoms with Gasteiger partial charge in [-0.15, -0.1) is 0 Å². The number of aryl methyl sites for hydroxylation is 2. The SMILES string of the molecule is CCc1ccc(-c2nc(Cl)c3cc(C)cc(Cl)c3n2)cc1. The molecule has 4 heteroatoms. The largest absolute Gasteiger partial charge is 0.226 e. The minimum Gasteiger partial charge on any atom is -0.226 e. The van der Waals surface area contributed by atoms with Gasteiger partial charge >= 0.3 is 0 Å². The highest BCUT2D eigenvalue weighted by atomic mass is 35.5. The second-order valence-corrected chi connectivity index (χ2v) is 5.80. The lowest BCUT2D eigenvalue weighted by molar-refractivity contribution is 1.14. The Morgan fingerprint density at radius 1 is 1.00 bits per heavy atom. The summed E-state index contributed by atoms with van der Waals surface area (Å²) < 4.78 is 0. The normalized spacial score (nSPS) is 11.0. The molecule has 0 amide bonds. The fourth-order valence-electron chi connectivity index (χ4n) is 2.31. The number of nitrogens with zero attached hydrogens (tertiary/aromatic N) is 2. The second kappa shape index (κ2) is 5.63. The van der Waals surface area contributed by atoms with Crippen LogP contribution in [-0.2, 0) is 6.42 Å². The van der Waals surface area contributed by atoms with Crippen molar-refractivity contribution in [2.45, 2.75) is 20.3 Å². The van der Waals surface area contributed by atoms with Crippen LogP contribution in [0, 0.1) is 6.92 Å². The molecule has 0 aliphatic rings. The van der Waals surface area contributed by atoms with Crippen LogP contribution >= 0.6 is 23.2 Å². The lowest BCUT2D eigenvalue weighted by Gasteiger charge is -2.07. The molecule has 21 heavy (non-hydrogen) atoms. The van der Waals surface area contributed by atoms with E-state index in [9.17, 15) is 0 Å². The molecule has 2 nitrogen and oxygen atoms in total. The molecular formula is C17H14Cl2N2. The topological polar surface area (TPSA) is 25.8 Å². The molecule has 1 heterocycles. The van der Waals surface area contributed by atoms with E-state index in [0.717, 1.165) is 22.9 Å². The van der Waals surface area contributed by atoms with Gasteiger partial charge in [0.1, 0.15) is 5.15 Å². The number of rotatable bonds is 2. The van der Waals surface area contributed by atoms with Crippen molar-refractivity contribution in [3.8, 4) is 11.4 Å². The van der Waals surface area contributed by atoms with Crippen molar-refractivity contribution in [2.24, 2.45) is 0 Å². The lowest BCUT2D eigenvalue weighted by Crippen LogP contribution is -1.93. The summed E-state index contributed by atoms with van der Waals surface area (Å²) in [4.78, 5) is 8.98. The molecule has 0 saturated carbocycles. The van der Waals surface area contributed by atoms with Gasteiger partial charge in [0.15, 0.2) is 5.82 Å². The van der Waals surface area contributed by atoms with Gasteiger partial charge in [0.2, 0.25) is 0 Å². The van der Waals surface area contributed by atoms with Crippen LogP contribution in [0.3, 0.4) is 0 Å². The van der Waals surface area contributed by atoms with Crippen molar-refractivity contribution in [2.75, 3.05) is 0 Å². The molecule has 0 unspecified atom stereocenters. The molecule has 0 radical (unpaired) electrons. The molecule has 0 bridgehead atoms. The smallest absolute Gasteiger partial charge is 0.161 e. The molecule has 1 aromatic heterocycles. The zero-order valence-corrected chi connectivity index (χ0v) is 13.3. The van der Waals surface area contributed by atoms with E-state index < -0.39 is 0 Å². The van der Waals surface area contributed by atoms with E-state index in [1.54, 1.807) is 0 Å². The van der Waals surface area contributed by atoms with E-state index in [1.165, 1.54) is 5.56 Å². The Bertz CT molecular complexity index is 811. The Balaban J connectivity index is 2.19. The van der Waals surface area contributed by atoms with Gasteiger partial charge in [-0.25, -0.2) is 9.97 Å². The Hall–Kier alpha value is -1.64. The van der Waals surface area contributed by atoms with E-state index in [1.807, 2.05) is 31.2 Å². The Morgan fingerprint density at radius 2 is 1.71 bits per heavy atom. The predicted molar refractivity (Wildman–Crippen MR) is 89.1 cm³/mol. The van der Waals surface area contributed by atoms with Gasteiger partial charge in [0, 0.05) is 10.9 Å². The van der Waals surface area contributed by atoms with Crippen LogP contribution in [0.2, 0.25) is 10.2 Å². The van der Waals surface area contributed by atoms with Gasteiger partial charge in [0.05, 0.1) is 10.5 Å². The molecule has 0 fully saturated rings. The number of fused-ring (bicyclic) bond motifs is 1. The molecule has 2 aromatic carbocycles. The van der Waals surface area contributed by atoms with E-state index >= 15 is 0 Å². The van der Waals surface area contributed by atoms with E-state index in [-0.39, 0.29) is 0 Å². The van der Waals surface area contributed by atoms with E-state index in [0.29, 0.717) is 21.5 Å². The minimum atomic E-state index is 0.431. The van der Waals surface area contributed by atoms with Crippen LogP contribution in [-0.4, -0.2) is 9.97 Å². The van der Waals surface area contributed by atoms with Crippen LogP contribution in [0.4, 0.5) is 0 Å². The third-order valence-corrected chi connectivity index (χ3v) is 4.05. The molecule has 0 aliphatic carbocycles. The zero-order valence-electron chi connectivity index (χ0n) is 11.8. The number of hydrogen-bond donors (Lipinski definition) is 0. The van der Waals surface area contributed by atoms with Crippen molar-refractivity contribution in [3.63, 3.8) is 0 Å². The van der Waals surface area contributed by atoms with Crippen LogP contribution < -0.4 is 0 Å². The second-order valence-electron chi connectivity index (χ2n) is 5.03. The average molecular weight is 317 g/mol. The maximum absolute atomic E-state index is 6.30. The first kappa shape index (κ1) is 14.3. The van der Waals surface area contributed by atoms with Crippen molar-refractivity contribution in [3.05, 3.63) is 57.7 Å². The predicted octanol–water partition coefficient (Wildman–Crippen LogP) is 5.47. The van der Waals surface area contributed by atoms with Crippen molar-refractivity contribution in [1.29, 1.82) is 0 Å². The number of benzene rings is 2. The van der Waals surface area contributed by atoms with Gasteiger partial charge in [-0.3, -0.25) is 0 Å². The third-order valence-electron chi connectivity index (χ3n) is 3.47. The monoisotopic (exact) mass is 316 g/mol. The van der Waals surface area contributed by atoms with Crippen molar-refractivity contribution >= 4 is 34.1 Å². The highest BCUT2D eigenvalue weighted by Crippen LogP contribution is 2.30. The average Bonchev–Trinajstić information content (AvgIpc) is 2.48. The third kappa shape index (κ3) is 2.74. The number of hydrogen-bond acceptors (Lipinski definition) is 2. The highest BCUT2D eigenvalue weighted by molar-refractivity contribution is 6.38. The summed E-state index contributed by atoms with van der Waals surface area (Å²) >= 11 is 12.6. The standard InChI is InChI=1S/C17H14Cl2N2/c1-3-11-4-6-12(7-5-11)17-20-15-13(16(19)21-17)8-10(2)9-14(15)18/h4-9H,3H2,1-2H3. The molecule has 0 saturated heterocycles. The van der Waals surface area contributed by atoms with Crippen LogP contribution in [0.5, 0.6) is 0 Å². The maximum atomic E-state index is 6.30. The fraction of sp³-hybridized carbons (Fsp3) is 0.176. The summed E-state index contributed by atoms with van der Waals surface area (Å²) in [6, 6.07) is 12.0. The minimum absolute atomic E-state index is 0.431. The van der Waals surface area contributed by atoms with Crippen LogP contribution in [0.15, 0.2) is 36.4 Å². The quantitative estimate of drug-likeness (QED) is 0.585. The first-order valence-electron chi connectivity index (χ1n) is 6.81. The van der Waals surface area contributed by atoms with Crippen LogP contribution in [0.1, 0.15) is 18.1 Å². The Kier molecular flexibility index (Phi) is 3.83. The molecule has 106 valence electrons. The number of aromatic nitrogens is 2. The molecule has 0 spiro atoms. The van der Waals surface area contributed by atoms with E-state index in [2.05, 4.69) is 29.0 Å². The molecular weight excluding hydrogens is 303 g/mol. The van der Waals surface area contributed by atoms with Gasteiger partial charge in [-0.05, 0) is 36.6 Å². The molecule has 3 aromatic rings. The first-order valence-corrected chi connectivity index (χ1v) is 7.57. The number of halogens is 2. The molecule has 0 N–H and O–H groups in total. The Labute approximate surface area is 133 Å². The molecule has 0 aliphatic heterocycles. The summed E-state index contributed by atoms with van der Waals surface area (Å²) in [6.45, 7) is 4.10. The summed E-state index contributed by atoms with van der Waals surface area (Å²) in [5.74, 6) is 0.598. The molecule has 0 atom stereocenters. The molecule has 3 rings (SSSR count). The summed E-state index contributed by atoms with van der Waals surface area (Å²) in [5.41, 5.74) is 3.95. The summed E-state index contributed by atoms with van der Waals surface area (Å²) in [6.07, 6.45) is 1.00. The van der Waals surface area contributed by atoms with Crippen molar-refractivity contribution < 1.29 is 0 Å². The first-order chi connectivity index (χ1) is 10.1. The van der Waals surface area contributed by atoms with Gasteiger partial charge < -0.3 is 0 Å². The summed E-state index contributed by atoms with van der Waals surface area (Å²) in [7, 11) is 0. The lowest BCUT2D eigenvalue weighted by atomic mass is 10.1. The van der Waals surface area contributed by atoms with Gasteiger partial charge in [-0.2, -0.15) is 0 Å².